The molecule has 128 valence electrons. The molecule has 1 aliphatic rings. The molecular formula is C13H13Cl3N6O2. The van der Waals surface area contributed by atoms with Gasteiger partial charge in [0.25, 0.3) is 0 Å². The lowest BCUT2D eigenvalue weighted by atomic mass is 10.1. The van der Waals surface area contributed by atoms with Crippen LogP contribution >= 0.6 is 34.8 Å². The Hall–Kier alpha value is -1.87. The lowest BCUT2D eigenvalue weighted by Gasteiger charge is -2.25. The molecule has 0 saturated carbocycles. The van der Waals surface area contributed by atoms with Crippen molar-refractivity contribution in [3.8, 4) is 0 Å². The number of halogens is 3. The number of nitrogens with one attached hydrogen (secondary N) is 3. The van der Waals surface area contributed by atoms with E-state index in [1.165, 1.54) is 0 Å². The molecule has 0 aromatic heterocycles. The molecule has 8 nitrogen and oxygen atoms in total. The van der Waals surface area contributed by atoms with Gasteiger partial charge in [0.1, 0.15) is 0 Å². The SMILES string of the molecule is CC1=NNC(=O)N(NNC(=O)/N=C(\C)c2ccc(Cl)c(Cl)c2Cl)C1. The maximum Gasteiger partial charge on any atom is 0.356 e. The third kappa shape index (κ3) is 4.35. The summed E-state index contributed by atoms with van der Waals surface area (Å²) in [5, 5.41) is 5.58. The lowest BCUT2D eigenvalue weighted by Crippen LogP contribution is -2.57. The second-order valence-electron chi connectivity index (χ2n) is 4.81. The van der Waals surface area contributed by atoms with E-state index in [1.54, 1.807) is 26.0 Å². The zero-order valence-electron chi connectivity index (χ0n) is 12.7. The molecule has 1 aromatic carbocycles. The molecule has 1 heterocycles. The van der Waals surface area contributed by atoms with E-state index in [-0.39, 0.29) is 16.6 Å². The summed E-state index contributed by atoms with van der Waals surface area (Å²) >= 11 is 17.9. The number of amides is 4. The van der Waals surface area contributed by atoms with Crippen molar-refractivity contribution < 1.29 is 9.59 Å². The monoisotopic (exact) mass is 390 g/mol. The fourth-order valence-corrected chi connectivity index (χ4v) is 2.46. The molecular weight excluding hydrogens is 379 g/mol. The maximum absolute atomic E-state index is 11.9. The number of nitrogens with zero attached hydrogens (tertiary/aromatic N) is 3. The van der Waals surface area contributed by atoms with Crippen LogP contribution in [0.1, 0.15) is 19.4 Å². The van der Waals surface area contributed by atoms with Crippen LogP contribution < -0.4 is 16.4 Å². The highest BCUT2D eigenvalue weighted by Gasteiger charge is 2.19. The van der Waals surface area contributed by atoms with E-state index in [4.69, 9.17) is 34.8 Å². The van der Waals surface area contributed by atoms with Crippen LogP contribution in [0.15, 0.2) is 22.2 Å². The highest BCUT2D eigenvalue weighted by Crippen LogP contribution is 2.32. The first-order chi connectivity index (χ1) is 11.3. The minimum atomic E-state index is -0.720. The molecule has 0 radical (unpaired) electrons. The largest absolute Gasteiger partial charge is 0.356 e. The molecule has 11 heteroatoms. The fourth-order valence-electron chi connectivity index (χ4n) is 1.79. The Morgan fingerprint density at radius 2 is 2.04 bits per heavy atom. The van der Waals surface area contributed by atoms with E-state index in [9.17, 15) is 9.59 Å². The minimum absolute atomic E-state index is 0.184. The summed E-state index contributed by atoms with van der Waals surface area (Å²) in [4.78, 5) is 27.2. The maximum atomic E-state index is 11.9. The van der Waals surface area contributed by atoms with Crippen LogP contribution in [0.2, 0.25) is 15.1 Å². The molecule has 24 heavy (non-hydrogen) atoms. The number of hydrazine groups is 2. The molecule has 0 unspecified atom stereocenters. The third-order valence-electron chi connectivity index (χ3n) is 2.97. The summed E-state index contributed by atoms with van der Waals surface area (Å²) in [5.74, 6) is 0. The van der Waals surface area contributed by atoms with E-state index in [2.05, 4.69) is 26.5 Å². The van der Waals surface area contributed by atoms with Gasteiger partial charge in [-0.2, -0.15) is 10.1 Å². The standard InChI is InChI=1S/C13H13Cl3N6O2/c1-6-5-22(13(24)20-18-6)21-19-12(23)17-7(2)8-3-4-9(14)11(16)10(8)15/h3-4,21H,5H2,1-2H3,(H,19,23)(H,20,24)/b17-7+. The number of hydrazone groups is 1. The molecule has 1 aromatic rings. The van der Waals surface area contributed by atoms with Gasteiger partial charge in [0.2, 0.25) is 0 Å². The molecule has 0 bridgehead atoms. The van der Waals surface area contributed by atoms with Crippen LogP contribution in [-0.2, 0) is 0 Å². The number of urea groups is 2. The van der Waals surface area contributed by atoms with E-state index in [0.29, 0.717) is 22.0 Å². The van der Waals surface area contributed by atoms with E-state index in [0.717, 1.165) is 5.01 Å². The van der Waals surface area contributed by atoms with Crippen LogP contribution in [0.5, 0.6) is 0 Å². The predicted octanol–water partition coefficient (Wildman–Crippen LogP) is 2.99. The van der Waals surface area contributed by atoms with Crippen molar-refractivity contribution in [3.05, 3.63) is 32.8 Å². The Morgan fingerprint density at radius 3 is 2.75 bits per heavy atom. The average molecular weight is 392 g/mol. The van der Waals surface area contributed by atoms with Gasteiger partial charge in [-0.05, 0) is 19.9 Å². The van der Waals surface area contributed by atoms with Gasteiger partial charge >= 0.3 is 12.1 Å². The van der Waals surface area contributed by atoms with E-state index < -0.39 is 12.1 Å². The summed E-state index contributed by atoms with van der Waals surface area (Å²) in [6, 6.07) is 1.94. The first-order valence-corrected chi connectivity index (χ1v) is 7.78. The van der Waals surface area contributed by atoms with E-state index in [1.807, 2.05) is 0 Å². The third-order valence-corrected chi connectivity index (χ3v) is 4.26. The fraction of sp³-hybridized carbons (Fsp3) is 0.231. The number of carbonyl (C=O) groups excluding carboxylic acids is 2. The molecule has 0 atom stereocenters. The van der Waals surface area contributed by atoms with Gasteiger partial charge in [-0.1, -0.05) is 40.9 Å². The van der Waals surface area contributed by atoms with Crippen LogP contribution in [0.3, 0.4) is 0 Å². The zero-order chi connectivity index (χ0) is 17.9. The van der Waals surface area contributed by atoms with Gasteiger partial charge in [0.05, 0.1) is 33.0 Å². The van der Waals surface area contributed by atoms with Gasteiger partial charge in [-0.25, -0.2) is 20.0 Å². The Kier molecular flexibility index (Phi) is 6.00. The first kappa shape index (κ1) is 18.5. The van der Waals surface area contributed by atoms with Crippen molar-refractivity contribution in [2.75, 3.05) is 6.54 Å². The first-order valence-electron chi connectivity index (χ1n) is 6.65. The van der Waals surface area contributed by atoms with Gasteiger partial charge < -0.3 is 0 Å². The lowest BCUT2D eigenvalue weighted by molar-refractivity contribution is 0.163. The van der Waals surface area contributed by atoms with Crippen molar-refractivity contribution in [1.82, 2.24) is 21.4 Å². The summed E-state index contributed by atoms with van der Waals surface area (Å²) in [6.07, 6.45) is 0. The van der Waals surface area contributed by atoms with E-state index >= 15 is 0 Å². The number of hydrogen-bond donors (Lipinski definition) is 3. The van der Waals surface area contributed by atoms with Crippen molar-refractivity contribution >= 4 is 58.3 Å². The van der Waals surface area contributed by atoms with Crippen molar-refractivity contribution in [2.24, 2.45) is 10.1 Å². The summed E-state index contributed by atoms with van der Waals surface area (Å²) in [5.41, 5.74) is 8.47. The topological polar surface area (TPSA) is 98.2 Å². The Morgan fingerprint density at radius 1 is 1.33 bits per heavy atom. The molecule has 1 aliphatic heterocycles. The molecule has 4 amide bonds. The Bertz CT molecular complexity index is 749. The van der Waals surface area contributed by atoms with Gasteiger partial charge in [0.15, 0.2) is 0 Å². The average Bonchev–Trinajstić information content (AvgIpc) is 2.53. The highest BCUT2D eigenvalue weighted by molar-refractivity contribution is 6.49. The second-order valence-corrected chi connectivity index (χ2v) is 5.98. The van der Waals surface area contributed by atoms with Crippen molar-refractivity contribution in [2.45, 2.75) is 13.8 Å². The highest BCUT2D eigenvalue weighted by atomic mass is 35.5. The Balaban J connectivity index is 2.03. The number of benzene rings is 1. The van der Waals surface area contributed by atoms with Gasteiger partial charge in [0, 0.05) is 5.56 Å². The molecule has 2 rings (SSSR count). The summed E-state index contributed by atoms with van der Waals surface area (Å²) < 4.78 is 0. The van der Waals surface area contributed by atoms with Crippen LogP contribution in [0.25, 0.3) is 0 Å². The Labute approximate surface area is 152 Å². The normalized spacial score (nSPS) is 15.0. The molecule has 0 fully saturated rings. The molecule has 0 saturated heterocycles. The second kappa shape index (κ2) is 7.80. The van der Waals surface area contributed by atoms with Crippen LogP contribution in [0.4, 0.5) is 9.59 Å². The van der Waals surface area contributed by atoms with Crippen molar-refractivity contribution in [1.29, 1.82) is 0 Å². The predicted molar refractivity (Wildman–Crippen MR) is 93.7 cm³/mol. The number of carbonyl (C=O) groups is 2. The smallest absolute Gasteiger partial charge is 0.253 e. The molecule has 0 aliphatic carbocycles. The quantitative estimate of drug-likeness (QED) is 0.420. The number of hydrogen-bond acceptors (Lipinski definition) is 4. The van der Waals surface area contributed by atoms with Gasteiger partial charge in [-0.3, -0.25) is 5.43 Å². The molecule has 3 N–H and O–H groups in total. The number of aliphatic imine (C=N–C) groups is 1. The minimum Gasteiger partial charge on any atom is -0.253 e. The van der Waals surface area contributed by atoms with Gasteiger partial charge in [-0.15, -0.1) is 5.53 Å². The van der Waals surface area contributed by atoms with Crippen LogP contribution in [-0.4, -0.2) is 35.0 Å². The summed E-state index contributed by atoms with van der Waals surface area (Å²) in [7, 11) is 0. The summed E-state index contributed by atoms with van der Waals surface area (Å²) in [6.45, 7) is 3.54. The molecule has 0 spiro atoms. The van der Waals surface area contributed by atoms with Crippen LogP contribution in [0, 0.1) is 0 Å². The zero-order valence-corrected chi connectivity index (χ0v) is 14.9. The van der Waals surface area contributed by atoms with Crippen molar-refractivity contribution in [3.63, 3.8) is 0 Å². The number of rotatable bonds is 3.